The van der Waals surface area contributed by atoms with Crippen molar-refractivity contribution in [2.75, 3.05) is 31.2 Å². The number of carbonyl (C=O) groups excluding carboxylic acids is 1. The number of hydrogen-bond acceptors (Lipinski definition) is 4. The zero-order valence-corrected chi connectivity index (χ0v) is 14.8. The van der Waals surface area contributed by atoms with Crippen molar-refractivity contribution in [1.29, 1.82) is 0 Å². The number of carbonyl (C=O) groups is 1. The summed E-state index contributed by atoms with van der Waals surface area (Å²) in [7, 11) is -3.00. The first-order valence-corrected chi connectivity index (χ1v) is 10.9. The molecule has 2 aliphatic heterocycles. The average molecular weight is 343 g/mol. The smallest absolute Gasteiger partial charge is 0.222 e. The van der Waals surface area contributed by atoms with E-state index in [-0.39, 0.29) is 17.4 Å². The van der Waals surface area contributed by atoms with Gasteiger partial charge in [-0.05, 0) is 25.2 Å². The van der Waals surface area contributed by atoms with Crippen molar-refractivity contribution in [3.8, 4) is 0 Å². The predicted octanol–water partition coefficient (Wildman–Crippen LogP) is 2.15. The van der Waals surface area contributed by atoms with Gasteiger partial charge in [-0.3, -0.25) is 4.79 Å². The first kappa shape index (κ1) is 17.2. The molecule has 0 N–H and O–H groups in total. The standard InChI is InChI=1S/C17H29NO4S/c19-16(8-4-7-15-5-2-1-3-6-15)18-10-11-22-17(13-18)9-12-23(20,21)14-17/h15H,1-14H2. The van der Waals surface area contributed by atoms with Crippen LogP contribution in [0.25, 0.3) is 0 Å². The zero-order chi connectivity index (χ0) is 16.3. The van der Waals surface area contributed by atoms with E-state index in [0.717, 1.165) is 18.8 Å². The molecule has 3 rings (SSSR count). The van der Waals surface area contributed by atoms with Crippen molar-refractivity contribution in [2.24, 2.45) is 5.92 Å². The van der Waals surface area contributed by atoms with Gasteiger partial charge in [0.05, 0.1) is 24.7 Å². The van der Waals surface area contributed by atoms with Gasteiger partial charge >= 0.3 is 0 Å². The van der Waals surface area contributed by atoms with E-state index in [9.17, 15) is 13.2 Å². The summed E-state index contributed by atoms with van der Waals surface area (Å²) >= 11 is 0. The third-order valence-electron chi connectivity index (χ3n) is 5.68. The maximum Gasteiger partial charge on any atom is 0.222 e. The molecule has 0 radical (unpaired) electrons. The molecule has 0 bridgehead atoms. The van der Waals surface area contributed by atoms with E-state index in [1.165, 1.54) is 32.1 Å². The van der Waals surface area contributed by atoms with E-state index < -0.39 is 15.4 Å². The van der Waals surface area contributed by atoms with Crippen LogP contribution in [-0.2, 0) is 19.4 Å². The van der Waals surface area contributed by atoms with Gasteiger partial charge in [0.2, 0.25) is 5.91 Å². The van der Waals surface area contributed by atoms with E-state index in [0.29, 0.717) is 32.5 Å². The molecule has 5 nitrogen and oxygen atoms in total. The van der Waals surface area contributed by atoms with Gasteiger partial charge in [0.25, 0.3) is 0 Å². The summed E-state index contributed by atoms with van der Waals surface area (Å²) in [5.74, 6) is 1.25. The topological polar surface area (TPSA) is 63.7 Å². The molecule has 0 aromatic rings. The summed E-state index contributed by atoms with van der Waals surface area (Å²) < 4.78 is 29.3. The highest BCUT2D eigenvalue weighted by atomic mass is 32.2. The molecule has 0 aromatic heterocycles. The lowest BCUT2D eigenvalue weighted by Gasteiger charge is -2.39. The molecular formula is C17H29NO4S. The Balaban J connectivity index is 1.45. The largest absolute Gasteiger partial charge is 0.370 e. The minimum Gasteiger partial charge on any atom is -0.370 e. The number of amides is 1. The van der Waals surface area contributed by atoms with Crippen LogP contribution in [0.5, 0.6) is 0 Å². The number of morpholine rings is 1. The molecular weight excluding hydrogens is 314 g/mol. The highest BCUT2D eigenvalue weighted by Gasteiger charge is 2.46. The van der Waals surface area contributed by atoms with Gasteiger partial charge in [0.1, 0.15) is 5.60 Å². The summed E-state index contributed by atoms with van der Waals surface area (Å²) in [6, 6.07) is 0. The molecule has 1 atom stereocenters. The number of nitrogens with zero attached hydrogens (tertiary/aromatic N) is 1. The summed E-state index contributed by atoms with van der Waals surface area (Å²) in [4.78, 5) is 14.3. The van der Waals surface area contributed by atoms with Gasteiger partial charge in [-0.1, -0.05) is 32.1 Å². The quantitative estimate of drug-likeness (QED) is 0.785. The second kappa shape index (κ2) is 7.09. The molecule has 3 fully saturated rings. The normalized spacial score (nSPS) is 31.6. The Morgan fingerprint density at radius 3 is 2.70 bits per heavy atom. The van der Waals surface area contributed by atoms with Crippen LogP contribution in [0.2, 0.25) is 0 Å². The van der Waals surface area contributed by atoms with Crippen molar-refractivity contribution < 1.29 is 17.9 Å². The van der Waals surface area contributed by atoms with Crippen molar-refractivity contribution in [2.45, 2.75) is 63.4 Å². The van der Waals surface area contributed by atoms with Crippen LogP contribution >= 0.6 is 0 Å². The highest BCUT2D eigenvalue weighted by molar-refractivity contribution is 7.91. The fourth-order valence-electron chi connectivity index (χ4n) is 4.36. The first-order chi connectivity index (χ1) is 11.0. The SMILES string of the molecule is O=C(CCCC1CCCCC1)N1CCOC2(CCS(=O)(=O)C2)C1. The molecule has 1 spiro atoms. The lowest BCUT2D eigenvalue weighted by molar-refractivity contribution is -0.147. The predicted molar refractivity (Wildman–Crippen MR) is 89.0 cm³/mol. The van der Waals surface area contributed by atoms with E-state index in [2.05, 4.69) is 0 Å². The van der Waals surface area contributed by atoms with E-state index in [1.54, 1.807) is 0 Å². The van der Waals surface area contributed by atoms with Crippen LogP contribution in [0.3, 0.4) is 0 Å². The molecule has 2 heterocycles. The Morgan fingerprint density at radius 2 is 2.00 bits per heavy atom. The molecule has 0 aromatic carbocycles. The van der Waals surface area contributed by atoms with Crippen LogP contribution in [0.15, 0.2) is 0 Å². The van der Waals surface area contributed by atoms with Crippen molar-refractivity contribution in [3.63, 3.8) is 0 Å². The van der Waals surface area contributed by atoms with Crippen LogP contribution in [-0.4, -0.2) is 56.0 Å². The van der Waals surface area contributed by atoms with Crippen LogP contribution in [0.1, 0.15) is 57.8 Å². The number of ether oxygens (including phenoxy) is 1. The lowest BCUT2D eigenvalue weighted by atomic mass is 9.86. The Hall–Kier alpha value is -0.620. The maximum absolute atomic E-state index is 12.5. The highest BCUT2D eigenvalue weighted by Crippen LogP contribution is 2.31. The fourth-order valence-corrected chi connectivity index (χ4v) is 6.31. The number of rotatable bonds is 4. The molecule has 1 amide bonds. The van der Waals surface area contributed by atoms with E-state index in [4.69, 9.17) is 4.74 Å². The maximum atomic E-state index is 12.5. The molecule has 1 aliphatic carbocycles. The molecule has 23 heavy (non-hydrogen) atoms. The third-order valence-corrected chi connectivity index (χ3v) is 7.47. The van der Waals surface area contributed by atoms with Gasteiger partial charge in [0.15, 0.2) is 9.84 Å². The number of sulfone groups is 1. The molecule has 1 unspecified atom stereocenters. The Morgan fingerprint density at radius 1 is 1.22 bits per heavy atom. The van der Waals surface area contributed by atoms with Crippen molar-refractivity contribution in [3.05, 3.63) is 0 Å². The van der Waals surface area contributed by atoms with Crippen LogP contribution in [0.4, 0.5) is 0 Å². The fraction of sp³-hybridized carbons (Fsp3) is 0.941. The Bertz CT molecular complexity index is 527. The van der Waals surface area contributed by atoms with E-state index in [1.807, 2.05) is 4.90 Å². The van der Waals surface area contributed by atoms with Gasteiger partial charge in [0, 0.05) is 13.0 Å². The molecule has 132 valence electrons. The Labute approximate surface area is 139 Å². The van der Waals surface area contributed by atoms with Gasteiger partial charge < -0.3 is 9.64 Å². The third kappa shape index (κ3) is 4.47. The minimum atomic E-state index is -3.00. The van der Waals surface area contributed by atoms with Gasteiger partial charge in [-0.2, -0.15) is 0 Å². The lowest BCUT2D eigenvalue weighted by Crippen LogP contribution is -2.54. The monoisotopic (exact) mass is 343 g/mol. The average Bonchev–Trinajstić information content (AvgIpc) is 2.83. The second-order valence-corrected chi connectivity index (χ2v) is 9.77. The molecule has 1 saturated carbocycles. The van der Waals surface area contributed by atoms with E-state index >= 15 is 0 Å². The zero-order valence-electron chi connectivity index (χ0n) is 14.0. The summed E-state index contributed by atoms with van der Waals surface area (Å²) in [6.07, 6.45) is 9.97. The summed E-state index contributed by atoms with van der Waals surface area (Å²) in [5, 5.41) is 0. The van der Waals surface area contributed by atoms with Crippen molar-refractivity contribution in [1.82, 2.24) is 4.90 Å². The Kier molecular flexibility index (Phi) is 5.31. The molecule has 3 aliphatic rings. The van der Waals surface area contributed by atoms with Gasteiger partial charge in [-0.15, -0.1) is 0 Å². The first-order valence-electron chi connectivity index (χ1n) is 9.10. The number of hydrogen-bond donors (Lipinski definition) is 0. The minimum absolute atomic E-state index is 0.0753. The van der Waals surface area contributed by atoms with Crippen LogP contribution < -0.4 is 0 Å². The van der Waals surface area contributed by atoms with Gasteiger partial charge in [-0.25, -0.2) is 8.42 Å². The second-order valence-electron chi connectivity index (χ2n) is 7.59. The summed E-state index contributed by atoms with van der Waals surface area (Å²) in [6.45, 7) is 1.52. The van der Waals surface area contributed by atoms with Crippen molar-refractivity contribution >= 4 is 15.7 Å². The molecule has 6 heteroatoms. The summed E-state index contributed by atoms with van der Waals surface area (Å²) in [5.41, 5.74) is -0.629. The molecule has 2 saturated heterocycles. The van der Waals surface area contributed by atoms with Crippen LogP contribution in [0, 0.1) is 5.92 Å².